The Bertz CT molecular complexity index is 3220. The van der Waals surface area contributed by atoms with Crippen molar-refractivity contribution in [2.45, 2.75) is 211 Å². The Labute approximate surface area is 556 Å². The number of hydrogen-bond acceptors (Lipinski definition) is 17. The van der Waals surface area contributed by atoms with Crippen molar-refractivity contribution in [3.63, 3.8) is 0 Å². The fraction of sp³-hybridized carbons (Fsp3) is 0.632. The normalized spacial score (nSPS) is 16.8. The van der Waals surface area contributed by atoms with Crippen molar-refractivity contribution in [2.24, 2.45) is 5.41 Å². The Morgan fingerprint density at radius 3 is 1.97 bits per heavy atom. The summed E-state index contributed by atoms with van der Waals surface area (Å²) in [5.41, 5.74) is 2.54. The predicted octanol–water partition coefficient (Wildman–Crippen LogP) is 9.60. The van der Waals surface area contributed by atoms with Gasteiger partial charge in [-0.25, -0.2) is 24.1 Å². The van der Waals surface area contributed by atoms with Crippen LogP contribution in [0, 0.1) is 11.2 Å². The number of unbranched alkanes of at least 4 members (excludes halogenated alkanes) is 13. The zero-order chi connectivity index (χ0) is 67.4. The average Bonchev–Trinajstić information content (AvgIpc) is 1.55. The molecular formula is C68H93BrFN9O15. The maximum Gasteiger partial charge on any atom is 0.326 e. The first-order valence-electron chi connectivity index (χ1n) is 33.5. The first-order valence-corrected chi connectivity index (χ1v) is 34.2. The topological polar surface area (TPSA) is 327 Å². The molecule has 2 saturated carbocycles. The number of Topliss-reactive ketones (excluding diaryl/α,β-unsaturated/α-hetero) is 3. The van der Waals surface area contributed by atoms with Gasteiger partial charge in [0.05, 0.1) is 38.6 Å². The van der Waals surface area contributed by atoms with Crippen LogP contribution in [0.15, 0.2) is 41.3 Å². The van der Waals surface area contributed by atoms with Crippen molar-refractivity contribution in [2.75, 3.05) is 64.7 Å². The molecule has 4 atom stereocenters. The van der Waals surface area contributed by atoms with Gasteiger partial charge >= 0.3 is 11.9 Å². The lowest BCUT2D eigenvalue weighted by Crippen LogP contribution is -2.47. The highest BCUT2D eigenvalue weighted by Gasteiger charge is 2.64. The Kier molecular flexibility index (Phi) is 30.5. The molecule has 0 bridgehead atoms. The highest BCUT2D eigenvalue weighted by molar-refractivity contribution is 9.10. The number of pyridine rings is 1. The smallest absolute Gasteiger partial charge is 0.326 e. The third-order valence-electron chi connectivity index (χ3n) is 17.4. The van der Waals surface area contributed by atoms with Crippen LogP contribution in [0.3, 0.4) is 0 Å². The Hall–Kier alpha value is -7.00. The van der Waals surface area contributed by atoms with E-state index in [2.05, 4.69) is 58.9 Å². The molecule has 4 amide bonds. The number of piperidine rings is 1. The predicted molar refractivity (Wildman–Crippen MR) is 349 cm³/mol. The van der Waals surface area contributed by atoms with E-state index < -0.39 is 29.8 Å². The summed E-state index contributed by atoms with van der Waals surface area (Å²) in [5.74, 6) is -3.45. The molecule has 7 rings (SSSR count). The minimum Gasteiger partial charge on any atom is -0.481 e. The summed E-state index contributed by atoms with van der Waals surface area (Å²) in [5, 5.41) is 31.6. The lowest BCUT2D eigenvalue weighted by atomic mass is 10.0. The number of ether oxygens (including phenoxy) is 4. The lowest BCUT2D eigenvalue weighted by Gasteiger charge is -2.27. The Morgan fingerprint density at radius 1 is 0.702 bits per heavy atom. The molecule has 24 nitrogen and oxygen atoms in total. The monoisotopic (exact) mass is 1370 g/mol. The van der Waals surface area contributed by atoms with Crippen LogP contribution in [0.5, 0.6) is 0 Å². The summed E-state index contributed by atoms with van der Waals surface area (Å²) in [6, 6.07) is 4.78. The summed E-state index contributed by atoms with van der Waals surface area (Å²) in [6.07, 6.45) is 22.8. The number of ketones is 3. The summed E-state index contributed by atoms with van der Waals surface area (Å²) in [4.78, 5) is 128. The van der Waals surface area contributed by atoms with Crippen LogP contribution < -0.4 is 16.0 Å². The minimum absolute atomic E-state index is 0.00201. The van der Waals surface area contributed by atoms with Gasteiger partial charge < -0.3 is 50.0 Å². The van der Waals surface area contributed by atoms with Crippen molar-refractivity contribution in [3.05, 3.63) is 64.2 Å². The minimum atomic E-state index is -1.17. The fourth-order valence-corrected chi connectivity index (χ4v) is 12.2. The molecule has 1 aromatic carbocycles. The molecule has 26 heteroatoms. The molecule has 514 valence electrons. The number of rotatable bonds is 49. The number of halogens is 2. The van der Waals surface area contributed by atoms with Gasteiger partial charge in [-0.05, 0) is 102 Å². The molecule has 4 aromatic rings. The van der Waals surface area contributed by atoms with Gasteiger partial charge in [0.1, 0.15) is 59.6 Å². The van der Waals surface area contributed by atoms with E-state index >= 15 is 0 Å². The van der Waals surface area contributed by atoms with E-state index in [-0.39, 0.29) is 180 Å². The van der Waals surface area contributed by atoms with E-state index in [9.17, 15) is 52.6 Å². The lowest BCUT2D eigenvalue weighted by molar-refractivity contribution is -0.142. The number of benzene rings is 1. The molecule has 4 heterocycles. The highest BCUT2D eigenvalue weighted by Crippen LogP contribution is 2.59. The van der Waals surface area contributed by atoms with Crippen LogP contribution in [0.4, 0.5) is 10.2 Å². The second kappa shape index (κ2) is 38.5. The molecule has 1 aliphatic heterocycles. The van der Waals surface area contributed by atoms with Gasteiger partial charge in [-0.1, -0.05) is 90.0 Å². The molecule has 94 heavy (non-hydrogen) atoms. The van der Waals surface area contributed by atoms with E-state index in [0.29, 0.717) is 58.5 Å². The maximum atomic E-state index is 14.4. The number of amides is 4. The number of aromatic nitrogens is 5. The number of nitrogens with zero attached hydrogens (tertiary/aromatic N) is 6. The number of nitrogens with one attached hydrogen (secondary N) is 3. The van der Waals surface area contributed by atoms with Crippen molar-refractivity contribution in [1.82, 2.24) is 40.3 Å². The van der Waals surface area contributed by atoms with E-state index in [4.69, 9.17) is 24.1 Å². The fourth-order valence-electron chi connectivity index (χ4n) is 11.9. The Morgan fingerprint density at radius 2 is 1.33 bits per heavy atom. The number of fused-ring (bicyclic) bond motifs is 2. The molecule has 1 saturated heterocycles. The molecule has 0 unspecified atom stereocenters. The first-order chi connectivity index (χ1) is 45.3. The SMILES string of the molecule is CC(=O)c1nn(CC(=O)N2[C@H](C(=O)Nc3nc(Br)c(F)cc3C3CC3)C[C@@]3(C)C[C@@H]23)c2ccc(-c3cnc(CCC(=O)COCCOCCNC(=O)COCCOCCCC(=O)CC[C@H](NC(=O)CCCCCCCCCCCCCCCCC(=O)O)C(=O)O)nc3)cc12. The number of carboxylic acid groups (broad SMARTS) is 2. The van der Waals surface area contributed by atoms with Crippen LogP contribution in [0.25, 0.3) is 22.0 Å². The standard InChI is InChI=1S/C68H93BrFN9O15/c1-45(80)63-52-36-47(23-27-55(52)78(77-63)42-61(85)79-56(38-68(2)39-57(68)79)66(88)76-65-51(46-21-22-46)37-53(70)64(69)75-65)48-40-72-58(73-41-48)28-25-50(82)43-93-34-33-92-31-29-71-60(84)44-94-35-32-91-30-17-18-49(81)24-26-54(67(89)90)74-59(83)19-15-13-11-9-7-5-3-4-6-8-10-12-14-16-20-62(86)87/h23,27,36-37,40-41,46,54,56-57H,3-22,24-26,28-35,38-39,42-44H2,1-2H3,(H,71,84)(H,74,83)(H,86,87)(H,89,90)(H,75,76,88)/t54-,56-,57+,68-/m0/s1. The Balaban J connectivity index is 0.668. The second-order valence-electron chi connectivity index (χ2n) is 25.2. The number of aliphatic carboxylic acids is 2. The van der Waals surface area contributed by atoms with Gasteiger partial charge in [-0.15, -0.1) is 0 Å². The van der Waals surface area contributed by atoms with Gasteiger partial charge in [0.2, 0.25) is 23.6 Å². The number of aryl methyl sites for hydroxylation is 1. The number of carbonyl (C=O) groups is 9. The number of likely N-dealkylation sites (tertiary alicyclic amines) is 1. The zero-order valence-electron chi connectivity index (χ0n) is 54.4. The number of hydrogen-bond donors (Lipinski definition) is 5. The molecular weight excluding hydrogens is 1280 g/mol. The molecule has 3 fully saturated rings. The molecule has 3 aromatic heterocycles. The average molecular weight is 1380 g/mol. The van der Waals surface area contributed by atoms with Crippen LogP contribution in [0.2, 0.25) is 0 Å². The summed E-state index contributed by atoms with van der Waals surface area (Å²) in [7, 11) is 0. The number of carboxylic acids is 2. The summed E-state index contributed by atoms with van der Waals surface area (Å²) in [6.45, 7) is 4.44. The zero-order valence-corrected chi connectivity index (χ0v) is 56.0. The molecule has 3 aliphatic rings. The summed E-state index contributed by atoms with van der Waals surface area (Å²) >= 11 is 3.14. The second-order valence-corrected chi connectivity index (χ2v) is 26.0. The molecule has 0 spiro atoms. The van der Waals surface area contributed by atoms with Crippen molar-refractivity contribution in [3.8, 4) is 11.1 Å². The maximum absolute atomic E-state index is 14.4. The number of anilines is 1. The number of carbonyl (C=O) groups excluding carboxylic acids is 7. The molecule has 5 N–H and O–H groups in total. The van der Waals surface area contributed by atoms with Crippen LogP contribution in [-0.2, 0) is 70.3 Å². The van der Waals surface area contributed by atoms with E-state index in [1.54, 1.807) is 29.4 Å². The largest absolute Gasteiger partial charge is 0.481 e. The quantitative estimate of drug-likeness (QED) is 0.0156. The van der Waals surface area contributed by atoms with Gasteiger partial charge in [-0.3, -0.25) is 43.0 Å². The molecule has 0 radical (unpaired) electrons. The van der Waals surface area contributed by atoms with Crippen LogP contribution in [-0.4, -0.2) is 170 Å². The van der Waals surface area contributed by atoms with Crippen molar-refractivity contribution >= 4 is 85.6 Å². The van der Waals surface area contributed by atoms with Crippen molar-refractivity contribution < 1.29 is 76.7 Å². The van der Waals surface area contributed by atoms with Crippen LogP contribution in [0.1, 0.15) is 202 Å². The van der Waals surface area contributed by atoms with Gasteiger partial charge in [0, 0.05) is 93.5 Å². The third-order valence-corrected chi connectivity index (χ3v) is 18.0. The van der Waals surface area contributed by atoms with E-state index in [1.807, 2.05) is 6.07 Å². The van der Waals surface area contributed by atoms with Crippen LogP contribution >= 0.6 is 15.9 Å². The van der Waals surface area contributed by atoms with Gasteiger partial charge in [-0.2, -0.15) is 5.10 Å². The molecule has 2 aliphatic carbocycles. The third kappa shape index (κ3) is 24.6. The van der Waals surface area contributed by atoms with Crippen molar-refractivity contribution in [1.29, 1.82) is 0 Å². The first kappa shape index (κ1) is 74.4. The van der Waals surface area contributed by atoms with Gasteiger partial charge in [0.25, 0.3) is 0 Å². The summed E-state index contributed by atoms with van der Waals surface area (Å²) < 4.78 is 37.8. The van der Waals surface area contributed by atoms with E-state index in [1.165, 1.54) is 56.2 Å². The van der Waals surface area contributed by atoms with Gasteiger partial charge in [0.15, 0.2) is 17.4 Å². The highest BCUT2D eigenvalue weighted by atomic mass is 79.9. The van der Waals surface area contributed by atoms with E-state index in [0.717, 1.165) is 64.2 Å².